The molecule has 3 rings (SSSR count). The fourth-order valence-electron chi connectivity index (χ4n) is 4.44. The maximum Gasteiger partial charge on any atom is 0.0776 e. The zero-order valence-corrected chi connectivity index (χ0v) is 30.3. The summed E-state index contributed by atoms with van der Waals surface area (Å²) in [5, 5.41) is 8.00. The lowest BCUT2D eigenvalue weighted by molar-refractivity contribution is 1.60. The van der Waals surface area contributed by atoms with Crippen molar-refractivity contribution in [2.24, 2.45) is 0 Å². The summed E-state index contributed by atoms with van der Waals surface area (Å²) in [6.07, 6.45) is 0. The van der Waals surface area contributed by atoms with Crippen LogP contribution in [0.2, 0.25) is 83.6 Å². The van der Waals surface area contributed by atoms with E-state index in [2.05, 4.69) is 137 Å². The maximum absolute atomic E-state index is 7.10. The molecule has 0 fully saturated rings. The number of rotatable bonds is 6. The van der Waals surface area contributed by atoms with E-state index in [0.29, 0.717) is 0 Å². The molecule has 0 nitrogen and oxygen atoms in total. The molecule has 0 aromatic heterocycles. The van der Waals surface area contributed by atoms with Crippen LogP contribution >= 0.6 is 11.6 Å². The molecule has 6 heteroatoms. The third kappa shape index (κ3) is 6.53. The SMILES string of the molecule is C[Si](C)(C)c1cc(-c2c([Si])ccc(Cl)c2-c2cc([Si](C)(C)C)cc([Si](C)(C)C)c2)cc([Si](C)(C)C)c1. The van der Waals surface area contributed by atoms with Crippen LogP contribution in [0.5, 0.6) is 0 Å². The second-order valence-electron chi connectivity index (χ2n) is 14.4. The monoisotopic (exact) mass is 579 g/mol. The molecule has 0 aliphatic heterocycles. The minimum atomic E-state index is -1.52. The molecule has 0 saturated heterocycles. The minimum Gasteiger partial charge on any atom is -0.0836 e. The van der Waals surface area contributed by atoms with E-state index in [4.69, 9.17) is 11.6 Å². The molecule has 3 aromatic rings. The van der Waals surface area contributed by atoms with Crippen molar-refractivity contribution in [2.75, 3.05) is 0 Å². The zero-order chi connectivity index (χ0) is 27.4. The van der Waals surface area contributed by atoms with Crippen LogP contribution in [0.15, 0.2) is 48.5 Å². The molecule has 191 valence electrons. The summed E-state index contributed by atoms with van der Waals surface area (Å²) in [4.78, 5) is 0. The third-order valence-corrected chi connectivity index (χ3v) is 15.9. The molecule has 0 aliphatic carbocycles. The first kappa shape index (κ1) is 29.6. The number of halogens is 1. The summed E-state index contributed by atoms with van der Waals surface area (Å²) in [6, 6.07) is 19.0. The Bertz CT molecular complexity index is 1120. The lowest BCUT2D eigenvalue weighted by Crippen LogP contribution is -2.45. The molecule has 0 unspecified atom stereocenters. The molecule has 36 heavy (non-hydrogen) atoms. The molecule has 0 spiro atoms. The molecule has 0 atom stereocenters. The van der Waals surface area contributed by atoms with Crippen molar-refractivity contribution in [3.63, 3.8) is 0 Å². The summed E-state index contributed by atoms with van der Waals surface area (Å²) < 4.78 is 0. The molecule has 0 bridgehead atoms. The molecule has 3 aromatic carbocycles. The normalized spacial score (nSPS) is 13.3. The summed E-state index contributed by atoms with van der Waals surface area (Å²) >= 11 is 7.10. The lowest BCUT2D eigenvalue weighted by Gasteiger charge is -2.27. The Balaban J connectivity index is 2.46. The van der Waals surface area contributed by atoms with Gasteiger partial charge in [0.05, 0.1) is 42.5 Å². The molecular weight excluding hydrogens is 536 g/mol. The number of hydrogen-bond donors (Lipinski definition) is 0. The largest absolute Gasteiger partial charge is 0.0836 e. The van der Waals surface area contributed by atoms with E-state index < -0.39 is 32.3 Å². The van der Waals surface area contributed by atoms with Gasteiger partial charge in [0.1, 0.15) is 0 Å². The number of benzene rings is 3. The maximum atomic E-state index is 7.10. The second kappa shape index (κ2) is 9.97. The van der Waals surface area contributed by atoms with E-state index in [0.717, 1.165) is 15.8 Å². The van der Waals surface area contributed by atoms with E-state index in [1.54, 1.807) is 0 Å². The van der Waals surface area contributed by atoms with Gasteiger partial charge in [-0.3, -0.25) is 0 Å². The van der Waals surface area contributed by atoms with Crippen molar-refractivity contribution in [1.82, 2.24) is 0 Å². The minimum absolute atomic E-state index is 0.828. The van der Waals surface area contributed by atoms with Gasteiger partial charge in [0.2, 0.25) is 0 Å². The van der Waals surface area contributed by atoms with Gasteiger partial charge in [0.15, 0.2) is 0 Å². The first-order valence-electron chi connectivity index (χ1n) is 13.1. The zero-order valence-electron chi connectivity index (χ0n) is 24.5. The van der Waals surface area contributed by atoms with Crippen molar-refractivity contribution in [3.05, 3.63) is 53.6 Å². The van der Waals surface area contributed by atoms with Gasteiger partial charge in [0.25, 0.3) is 0 Å². The quantitative estimate of drug-likeness (QED) is 0.287. The van der Waals surface area contributed by atoms with Crippen LogP contribution in [0, 0.1) is 0 Å². The van der Waals surface area contributed by atoms with Crippen molar-refractivity contribution in [3.8, 4) is 22.3 Å². The molecule has 0 amide bonds. The van der Waals surface area contributed by atoms with E-state index >= 15 is 0 Å². The number of hydrogen-bond acceptors (Lipinski definition) is 0. The first-order chi connectivity index (χ1) is 16.2. The van der Waals surface area contributed by atoms with Gasteiger partial charge in [-0.2, -0.15) is 0 Å². The predicted molar refractivity (Wildman–Crippen MR) is 180 cm³/mol. The Morgan fingerprint density at radius 1 is 0.472 bits per heavy atom. The van der Waals surface area contributed by atoms with Crippen LogP contribution in [-0.4, -0.2) is 42.5 Å². The van der Waals surface area contributed by atoms with E-state index in [-0.39, 0.29) is 0 Å². The van der Waals surface area contributed by atoms with E-state index in [9.17, 15) is 0 Å². The van der Waals surface area contributed by atoms with Crippen molar-refractivity contribution in [2.45, 2.75) is 78.6 Å². The summed E-state index contributed by atoms with van der Waals surface area (Å²) in [6.45, 7) is 29.4. The van der Waals surface area contributed by atoms with Crippen LogP contribution in [0.3, 0.4) is 0 Å². The Kier molecular flexibility index (Phi) is 8.19. The molecule has 0 aliphatic rings. The fraction of sp³-hybridized carbons (Fsp3) is 0.400. The van der Waals surface area contributed by atoms with Crippen LogP contribution in [0.4, 0.5) is 0 Å². The van der Waals surface area contributed by atoms with Gasteiger partial charge in [-0.15, -0.1) is 0 Å². The molecular formula is C30H44ClSi5. The van der Waals surface area contributed by atoms with Gasteiger partial charge in [0, 0.05) is 10.6 Å². The summed E-state index contributed by atoms with van der Waals surface area (Å²) in [5.41, 5.74) is 4.95. The van der Waals surface area contributed by atoms with E-state index in [1.165, 1.54) is 37.4 Å². The fourth-order valence-corrected chi connectivity index (χ4v) is 10.1. The highest BCUT2D eigenvalue weighted by atomic mass is 35.5. The van der Waals surface area contributed by atoms with Gasteiger partial charge in [-0.25, -0.2) is 0 Å². The van der Waals surface area contributed by atoms with Crippen molar-refractivity contribution >= 4 is 80.1 Å². The van der Waals surface area contributed by atoms with Crippen molar-refractivity contribution < 1.29 is 0 Å². The summed E-state index contributed by atoms with van der Waals surface area (Å²) in [7, 11) is -2.06. The highest BCUT2D eigenvalue weighted by molar-refractivity contribution is 6.92. The molecule has 3 radical (unpaired) electrons. The van der Waals surface area contributed by atoms with Crippen LogP contribution in [0.25, 0.3) is 22.3 Å². The molecule has 0 heterocycles. The van der Waals surface area contributed by atoms with Crippen molar-refractivity contribution in [1.29, 1.82) is 0 Å². The Morgan fingerprint density at radius 3 is 1.08 bits per heavy atom. The Labute approximate surface area is 233 Å². The van der Waals surface area contributed by atoms with Crippen LogP contribution in [-0.2, 0) is 0 Å². The Hall–Kier alpha value is -0.966. The predicted octanol–water partition coefficient (Wildman–Crippen LogP) is 6.65. The topological polar surface area (TPSA) is 0 Å². The average Bonchev–Trinajstić information content (AvgIpc) is 2.72. The average molecular weight is 581 g/mol. The van der Waals surface area contributed by atoms with Gasteiger partial charge in [-0.05, 0) is 22.8 Å². The van der Waals surface area contributed by atoms with E-state index in [1.807, 2.05) is 0 Å². The molecule has 0 N–H and O–H groups in total. The molecule has 0 saturated carbocycles. The second-order valence-corrected chi connectivity index (χ2v) is 35.7. The van der Waals surface area contributed by atoms with Gasteiger partial charge >= 0.3 is 0 Å². The van der Waals surface area contributed by atoms with Crippen LogP contribution < -0.4 is 25.9 Å². The van der Waals surface area contributed by atoms with Gasteiger partial charge in [-0.1, -0.05) is 159 Å². The summed E-state index contributed by atoms with van der Waals surface area (Å²) in [5.74, 6) is 0. The van der Waals surface area contributed by atoms with Crippen LogP contribution in [0.1, 0.15) is 0 Å². The Morgan fingerprint density at radius 2 is 0.778 bits per heavy atom. The smallest absolute Gasteiger partial charge is 0.0776 e. The standard InChI is InChI=1S/C30H44ClSi5/c1-33(2,3)23-15-21(16-24(19-23)34(4,5)6)29-27(31)13-14-28(32)30(29)22-17-25(35(7,8)9)20-26(18-22)36(10,11)12/h13-20H,1-12H3. The first-order valence-corrected chi connectivity index (χ1v) is 27.9. The van der Waals surface area contributed by atoms with Gasteiger partial charge < -0.3 is 0 Å². The lowest BCUT2D eigenvalue weighted by atomic mass is 9.94. The highest BCUT2D eigenvalue weighted by Crippen LogP contribution is 2.36. The third-order valence-electron chi connectivity index (χ3n) is 7.06. The highest BCUT2D eigenvalue weighted by Gasteiger charge is 2.27.